The summed E-state index contributed by atoms with van der Waals surface area (Å²) >= 11 is 0. The summed E-state index contributed by atoms with van der Waals surface area (Å²) in [6.07, 6.45) is 0. The summed E-state index contributed by atoms with van der Waals surface area (Å²) in [5.41, 5.74) is 16.3. The molecule has 0 atom stereocenters. The van der Waals surface area contributed by atoms with E-state index in [4.69, 9.17) is 0 Å². The quantitative estimate of drug-likeness (QED) is 0.174. The summed E-state index contributed by atoms with van der Waals surface area (Å²) < 4.78 is 2.53. The van der Waals surface area contributed by atoms with Crippen LogP contribution >= 0.6 is 0 Å². The van der Waals surface area contributed by atoms with Crippen molar-refractivity contribution in [2.45, 2.75) is 19.3 Å². The summed E-state index contributed by atoms with van der Waals surface area (Å²) in [7, 11) is 0. The predicted molar refractivity (Wildman–Crippen MR) is 230 cm³/mol. The Hall–Kier alpha value is -6.70. The van der Waals surface area contributed by atoms with Gasteiger partial charge in [-0.3, -0.25) is 0 Å². The largest absolute Gasteiger partial charge is 0.309 e. The van der Waals surface area contributed by atoms with E-state index in [9.17, 15) is 0 Å². The van der Waals surface area contributed by atoms with Crippen molar-refractivity contribution >= 4 is 43.4 Å². The summed E-state index contributed by atoms with van der Waals surface area (Å²) in [6.45, 7) is 4.79. The maximum Gasteiger partial charge on any atom is 0.0582 e. The molecule has 0 saturated carbocycles. The molecule has 9 aromatic carbocycles. The number of benzene rings is 9. The van der Waals surface area contributed by atoms with Gasteiger partial charge in [0, 0.05) is 16.2 Å². The lowest BCUT2D eigenvalue weighted by atomic mass is 9.74. The Morgan fingerprint density at radius 3 is 1.37 bits per heavy atom. The van der Waals surface area contributed by atoms with Crippen molar-refractivity contribution < 1.29 is 0 Å². The van der Waals surface area contributed by atoms with E-state index in [1.165, 1.54) is 105 Å². The monoisotopic (exact) mass is 687 g/mol. The van der Waals surface area contributed by atoms with Crippen LogP contribution in [0, 0.1) is 0 Å². The number of hydrogen-bond acceptors (Lipinski definition) is 0. The number of fused-ring (bicyclic) bond motifs is 7. The molecule has 1 aromatic heterocycles. The van der Waals surface area contributed by atoms with Crippen LogP contribution in [0.1, 0.15) is 25.0 Å². The van der Waals surface area contributed by atoms with Crippen molar-refractivity contribution in [2.75, 3.05) is 0 Å². The average molecular weight is 688 g/mol. The standard InChI is InChI=1S/C53H37N/c1-53(2)48-23-13-14-24-51(48)54-50-30-25-36(40-28-26-38(34-15-5-3-6-16-34)42-19-9-11-21-44(40)42)31-46(50)47-32-37(33-49(53)52(47)54)41-29-27-39(35-17-7-4-8-18-35)43-20-10-12-22-45(41)43/h3-33H,1-2H3. The SMILES string of the molecule is CC1(C)c2ccccc2-n2c3ccc(-c4ccc(-c5ccccc5)c5ccccc45)cc3c3cc(-c4ccc(-c5ccccc5)c5ccccc45)cc1c32. The lowest BCUT2D eigenvalue weighted by molar-refractivity contribution is 0.630. The van der Waals surface area contributed by atoms with Crippen molar-refractivity contribution in [2.24, 2.45) is 0 Å². The lowest BCUT2D eigenvalue weighted by Gasteiger charge is -2.35. The average Bonchev–Trinajstić information content (AvgIpc) is 3.56. The van der Waals surface area contributed by atoms with E-state index in [1.54, 1.807) is 0 Å². The number of aromatic nitrogens is 1. The third-order valence-corrected chi connectivity index (χ3v) is 12.0. The zero-order chi connectivity index (χ0) is 36.0. The molecule has 54 heavy (non-hydrogen) atoms. The van der Waals surface area contributed by atoms with Crippen molar-refractivity contribution in [3.63, 3.8) is 0 Å². The van der Waals surface area contributed by atoms with Crippen molar-refractivity contribution in [1.82, 2.24) is 4.57 Å². The minimum Gasteiger partial charge on any atom is -0.309 e. The predicted octanol–water partition coefficient (Wildman–Crippen LogP) is 14.4. The Balaban J connectivity index is 1.19. The van der Waals surface area contributed by atoms with E-state index in [-0.39, 0.29) is 5.41 Å². The van der Waals surface area contributed by atoms with Crippen molar-refractivity contribution in [1.29, 1.82) is 0 Å². The van der Waals surface area contributed by atoms with Gasteiger partial charge in [0.2, 0.25) is 0 Å². The van der Waals surface area contributed by atoms with Gasteiger partial charge in [0.15, 0.2) is 0 Å². The van der Waals surface area contributed by atoms with Gasteiger partial charge in [0.1, 0.15) is 0 Å². The topological polar surface area (TPSA) is 4.93 Å². The first-order valence-electron chi connectivity index (χ1n) is 18.9. The van der Waals surface area contributed by atoms with E-state index in [0.717, 1.165) is 0 Å². The molecule has 254 valence electrons. The Labute approximate surface area is 315 Å². The van der Waals surface area contributed by atoms with Gasteiger partial charge in [0.05, 0.1) is 16.7 Å². The van der Waals surface area contributed by atoms with Crippen LogP contribution in [0.4, 0.5) is 0 Å². The number of para-hydroxylation sites is 1. The van der Waals surface area contributed by atoms with Crippen molar-refractivity contribution in [3.8, 4) is 50.2 Å². The molecule has 1 nitrogen and oxygen atoms in total. The Kier molecular flexibility index (Phi) is 6.66. The molecule has 11 rings (SSSR count). The highest BCUT2D eigenvalue weighted by molar-refractivity contribution is 6.16. The van der Waals surface area contributed by atoms with Crippen LogP contribution in [0.3, 0.4) is 0 Å². The van der Waals surface area contributed by atoms with Gasteiger partial charge in [-0.05, 0) is 108 Å². The maximum atomic E-state index is 2.53. The van der Waals surface area contributed by atoms with Gasteiger partial charge in [-0.2, -0.15) is 0 Å². The molecule has 0 fully saturated rings. The van der Waals surface area contributed by atoms with Crippen LogP contribution in [0.15, 0.2) is 188 Å². The minimum atomic E-state index is -0.193. The highest BCUT2D eigenvalue weighted by Gasteiger charge is 2.35. The second-order valence-electron chi connectivity index (χ2n) is 15.3. The second kappa shape index (κ2) is 11.7. The van der Waals surface area contributed by atoms with Crippen LogP contribution < -0.4 is 0 Å². The van der Waals surface area contributed by atoms with E-state index in [1.807, 2.05) is 0 Å². The van der Waals surface area contributed by atoms with Gasteiger partial charge in [-0.25, -0.2) is 0 Å². The van der Waals surface area contributed by atoms with E-state index < -0.39 is 0 Å². The smallest absolute Gasteiger partial charge is 0.0582 e. The first kappa shape index (κ1) is 30.9. The Morgan fingerprint density at radius 2 is 0.796 bits per heavy atom. The lowest BCUT2D eigenvalue weighted by Crippen LogP contribution is -2.26. The molecule has 0 saturated heterocycles. The molecular formula is C53H37N. The molecular weight excluding hydrogens is 651 g/mol. The van der Waals surface area contributed by atoms with Crippen LogP contribution in [0.2, 0.25) is 0 Å². The number of hydrogen-bond donors (Lipinski definition) is 0. The molecule has 0 aliphatic carbocycles. The maximum absolute atomic E-state index is 2.53. The Bertz CT molecular complexity index is 3110. The molecule has 2 heterocycles. The van der Waals surface area contributed by atoms with Crippen LogP contribution in [0.25, 0.3) is 93.5 Å². The van der Waals surface area contributed by atoms with Crippen LogP contribution in [-0.4, -0.2) is 4.57 Å². The summed E-state index contributed by atoms with van der Waals surface area (Å²) in [5, 5.41) is 7.66. The van der Waals surface area contributed by atoms with E-state index >= 15 is 0 Å². The first-order chi connectivity index (χ1) is 26.6. The van der Waals surface area contributed by atoms with Gasteiger partial charge in [-0.1, -0.05) is 172 Å². The van der Waals surface area contributed by atoms with Crippen LogP contribution in [0.5, 0.6) is 0 Å². The van der Waals surface area contributed by atoms with E-state index in [2.05, 4.69) is 206 Å². The molecule has 10 aromatic rings. The third-order valence-electron chi connectivity index (χ3n) is 12.0. The highest BCUT2D eigenvalue weighted by atomic mass is 15.0. The van der Waals surface area contributed by atoms with Gasteiger partial charge < -0.3 is 4.57 Å². The fourth-order valence-corrected chi connectivity index (χ4v) is 9.38. The molecule has 0 amide bonds. The van der Waals surface area contributed by atoms with E-state index in [0.29, 0.717) is 0 Å². The summed E-state index contributed by atoms with van der Waals surface area (Å²) in [6, 6.07) is 69.6. The molecule has 0 radical (unpaired) electrons. The zero-order valence-corrected chi connectivity index (χ0v) is 30.3. The first-order valence-corrected chi connectivity index (χ1v) is 18.9. The Morgan fingerprint density at radius 1 is 0.333 bits per heavy atom. The second-order valence-corrected chi connectivity index (χ2v) is 15.3. The number of nitrogens with zero attached hydrogens (tertiary/aromatic N) is 1. The van der Waals surface area contributed by atoms with Gasteiger partial charge >= 0.3 is 0 Å². The minimum absolute atomic E-state index is 0.193. The third kappa shape index (κ3) is 4.45. The van der Waals surface area contributed by atoms with Gasteiger partial charge in [-0.15, -0.1) is 0 Å². The fourth-order valence-electron chi connectivity index (χ4n) is 9.38. The highest BCUT2D eigenvalue weighted by Crippen LogP contribution is 2.50. The van der Waals surface area contributed by atoms with Crippen molar-refractivity contribution in [3.05, 3.63) is 199 Å². The normalized spacial score (nSPS) is 13.1. The molecule has 1 aliphatic heterocycles. The molecule has 1 aliphatic rings. The molecule has 0 spiro atoms. The molecule has 1 heteroatoms. The van der Waals surface area contributed by atoms with Gasteiger partial charge in [0.25, 0.3) is 0 Å². The zero-order valence-electron chi connectivity index (χ0n) is 30.3. The number of rotatable bonds is 4. The molecule has 0 N–H and O–H groups in total. The summed E-state index contributed by atoms with van der Waals surface area (Å²) in [4.78, 5) is 0. The fraction of sp³-hybridized carbons (Fsp3) is 0.0566. The van der Waals surface area contributed by atoms with Crippen LogP contribution in [-0.2, 0) is 5.41 Å². The molecule has 0 unspecified atom stereocenters. The summed E-state index contributed by atoms with van der Waals surface area (Å²) in [5.74, 6) is 0. The molecule has 0 bridgehead atoms.